The van der Waals surface area contributed by atoms with E-state index in [2.05, 4.69) is 29.5 Å². The van der Waals surface area contributed by atoms with Gasteiger partial charge in [0, 0.05) is 13.1 Å². The zero-order chi connectivity index (χ0) is 71.3. The van der Waals surface area contributed by atoms with E-state index in [1.54, 1.807) is 0 Å². The predicted octanol–water partition coefficient (Wildman–Crippen LogP) is -13.5. The molecule has 4 spiro atoms. The number of rotatable bonds is 24. The Balaban J connectivity index is 0.000000235. The van der Waals surface area contributed by atoms with Gasteiger partial charge in [-0.15, -0.1) is 0 Å². The molecule has 51 nitrogen and oxygen atoms in total. The van der Waals surface area contributed by atoms with E-state index in [1.165, 1.54) is 0 Å². The highest BCUT2D eigenvalue weighted by Crippen LogP contribution is 2.43. The Morgan fingerprint density at radius 3 is 1.02 bits per heavy atom. The lowest BCUT2D eigenvalue weighted by Crippen LogP contribution is -2.56. The lowest BCUT2D eigenvalue weighted by Gasteiger charge is -2.24. The summed E-state index contributed by atoms with van der Waals surface area (Å²) in [6.07, 6.45) is -21.1. The number of carboxylic acids is 2. The monoisotopic (exact) mass is 1430 g/mol. The number of aliphatic hydroxyl groups is 9. The van der Waals surface area contributed by atoms with Crippen LogP contribution >= 0.6 is 23.5 Å². The Bertz CT molecular complexity index is 2940. The van der Waals surface area contributed by atoms with Crippen molar-refractivity contribution in [1.29, 1.82) is 0 Å². The standard InChI is InChI=1S/2C13H20N3O13P.C7H11N2O9P.C7H10N2O6/c2*17-5-16(24)6(10(20)21)2-1-3-15-11(22)13(14-12(15)23)9(19)8(18)7(29-13)4-28-30(25,26)27;10-3-2(1-17-19(14,15)16)18-7(4(3)11)5(12)8-6(13)9-7;10-1-2-3(11)4(12)7(15-2)5(13)8-6(14)9-7/h2*5-9,18-19,24H,1-4H2,(H,14,23)(H,20,21)(H2,25,26,27);2-4,10-11H,1H2,(H2,14,15,16)(H2,8,9,12,13);2-4,10-12H,1H2,(H2,8,9,13,14)/t6-,7+,8+,9+,13-;6-,7-,8-,9-,13+;2*2-,3-,4-,7+/m0111/s1. The number of aliphatic hydroxyl groups excluding tert-OH is 9. The first-order chi connectivity index (χ1) is 43.3. The number of nitrogens with zero attached hydrogens (tertiary/aromatic N) is 4. The maximum atomic E-state index is 12.7. The van der Waals surface area contributed by atoms with Gasteiger partial charge in [0.05, 0.1) is 26.4 Å². The first-order valence-corrected chi connectivity index (χ1v) is 30.7. The van der Waals surface area contributed by atoms with E-state index in [9.17, 15) is 122 Å². The molecule has 532 valence electrons. The van der Waals surface area contributed by atoms with Crippen molar-refractivity contribution < 1.29 is 200 Å². The molecule has 8 aliphatic heterocycles. The lowest BCUT2D eigenvalue weighted by molar-refractivity contribution is -0.176. The summed E-state index contributed by atoms with van der Waals surface area (Å²) < 4.78 is 65.0. The zero-order valence-corrected chi connectivity index (χ0v) is 49.6. The first-order valence-electron chi connectivity index (χ1n) is 26.1. The molecular formula is C40H61N10O41P3. The summed E-state index contributed by atoms with van der Waals surface area (Å²) in [5.41, 5.74) is -9.03. The molecule has 8 rings (SSSR count). The maximum absolute atomic E-state index is 12.7. The van der Waals surface area contributed by atoms with Gasteiger partial charge in [-0.2, -0.15) is 0 Å². The Kier molecular flexibility index (Phi) is 25.1. The van der Waals surface area contributed by atoms with Crippen LogP contribution in [0.25, 0.3) is 0 Å². The van der Waals surface area contributed by atoms with Gasteiger partial charge >= 0.3 is 59.5 Å². The minimum absolute atomic E-state index is 0.0818. The number of imide groups is 4. The normalized spacial score (nSPS) is 34.0. The molecule has 0 saturated carbocycles. The molecule has 0 unspecified atom stereocenters. The average Bonchev–Trinajstić information content (AvgIpc) is 1.61. The van der Waals surface area contributed by atoms with Gasteiger partial charge in [0.2, 0.25) is 12.8 Å². The molecule has 8 heterocycles. The molecule has 54 heteroatoms. The van der Waals surface area contributed by atoms with Crippen LogP contribution in [0.2, 0.25) is 0 Å². The number of hydrogen-bond donors (Lipinski definition) is 25. The number of phosphoric ester groups is 3. The Morgan fingerprint density at radius 2 is 0.777 bits per heavy atom. The van der Waals surface area contributed by atoms with Gasteiger partial charge in [0.1, 0.15) is 73.2 Å². The zero-order valence-electron chi connectivity index (χ0n) is 46.9. The second-order valence-corrected chi connectivity index (χ2v) is 24.1. The molecule has 14 amide bonds. The van der Waals surface area contributed by atoms with Gasteiger partial charge < -0.3 is 104 Å². The Morgan fingerprint density at radius 1 is 0.500 bits per heavy atom. The van der Waals surface area contributed by atoms with E-state index in [1.807, 2.05) is 16.0 Å². The van der Waals surface area contributed by atoms with Gasteiger partial charge in [-0.1, -0.05) is 0 Å². The highest BCUT2D eigenvalue weighted by molar-refractivity contribution is 7.46. The van der Waals surface area contributed by atoms with E-state index in [0.717, 1.165) is 0 Å². The number of ether oxygens (including phenoxy) is 4. The third-order valence-electron chi connectivity index (χ3n) is 14.3. The van der Waals surface area contributed by atoms with Crippen molar-refractivity contribution in [3.8, 4) is 0 Å². The van der Waals surface area contributed by atoms with Gasteiger partial charge in [0.25, 0.3) is 46.5 Å². The van der Waals surface area contributed by atoms with Gasteiger partial charge in [-0.3, -0.25) is 94.5 Å². The van der Waals surface area contributed by atoms with Crippen LogP contribution < -0.4 is 31.9 Å². The lowest BCUT2D eigenvalue weighted by atomic mass is 10.0. The second-order valence-electron chi connectivity index (χ2n) is 20.4. The summed E-state index contributed by atoms with van der Waals surface area (Å²) in [4.78, 5) is 191. The van der Waals surface area contributed by atoms with E-state index >= 15 is 0 Å². The summed E-state index contributed by atoms with van der Waals surface area (Å²) in [6, 6.07) is -7.09. The van der Waals surface area contributed by atoms with Crippen LogP contribution in [-0.4, -0.2) is 336 Å². The SMILES string of the molecule is O=C1NC(=O)[C@@]2(N1)O[C@H](CO)[C@@H](O)[C@H]2O.O=C1NC(=O)[C@@]2(N1)O[C@H](COP(=O)(O)O)[C@@H](O)[C@H]2O.O=CN(O)[C@@H](CCCN1C(=O)N[C@@]2(O[C@H](COP(=O)(O)O)[C@@H](O)[C@H]2O)C1=O)C(=O)O.O=CN(O)[C@H](CCCN1C(=O)N[C@@]2(O[C@H](COP(=O)(O)O)[C@@H](O)[C@H]2O)C1=O)C(=O)O. The van der Waals surface area contributed by atoms with Crippen molar-refractivity contribution in [3.63, 3.8) is 0 Å². The smallest absolute Gasteiger partial charge is 0.469 e. The summed E-state index contributed by atoms with van der Waals surface area (Å²) >= 11 is 0. The fourth-order valence-corrected chi connectivity index (χ4v) is 10.7. The van der Waals surface area contributed by atoms with Gasteiger partial charge in [0.15, 0.2) is 12.1 Å². The molecule has 0 bridgehead atoms. The van der Waals surface area contributed by atoms with E-state index in [-0.39, 0.29) is 48.6 Å². The number of hydroxylamine groups is 4. The molecule has 0 aliphatic carbocycles. The molecule has 0 aromatic carbocycles. The van der Waals surface area contributed by atoms with Crippen LogP contribution in [-0.2, 0) is 84.6 Å². The molecule has 25 N–H and O–H groups in total. The van der Waals surface area contributed by atoms with Crippen molar-refractivity contribution in [1.82, 2.24) is 51.8 Å². The fourth-order valence-electron chi connectivity index (χ4n) is 9.71. The third-order valence-corrected chi connectivity index (χ3v) is 15.8. The van der Waals surface area contributed by atoms with Gasteiger partial charge in [-0.25, -0.2) is 52.6 Å². The summed E-state index contributed by atoms with van der Waals surface area (Å²) in [5.74, 6) is -7.22. The van der Waals surface area contributed by atoms with Crippen molar-refractivity contribution in [2.75, 3.05) is 39.5 Å². The van der Waals surface area contributed by atoms with E-state index < -0.39 is 231 Å². The molecule has 18 atom stereocenters. The molecule has 94 heavy (non-hydrogen) atoms. The van der Waals surface area contributed by atoms with Crippen LogP contribution in [0, 0.1) is 0 Å². The number of nitrogens with one attached hydrogen (secondary N) is 6. The molecule has 8 fully saturated rings. The number of amides is 14. The summed E-state index contributed by atoms with van der Waals surface area (Å²) in [5, 5.41) is 136. The average molecular weight is 1430 g/mol. The van der Waals surface area contributed by atoms with Crippen LogP contribution in [0.15, 0.2) is 0 Å². The van der Waals surface area contributed by atoms with Crippen molar-refractivity contribution >= 4 is 96.0 Å². The molecule has 0 aromatic rings. The number of hydrogen-bond acceptors (Lipinski definition) is 33. The van der Waals surface area contributed by atoms with Crippen LogP contribution in [0.1, 0.15) is 25.7 Å². The number of carbonyl (C=O) groups is 12. The molecule has 0 radical (unpaired) electrons. The number of carboxylic acid groups (broad SMARTS) is 2. The van der Waals surface area contributed by atoms with E-state index in [0.29, 0.717) is 9.80 Å². The minimum atomic E-state index is -4.94. The highest BCUT2D eigenvalue weighted by atomic mass is 31.2. The fraction of sp³-hybridized carbons (Fsp3) is 0.700. The largest absolute Gasteiger partial charge is 0.480 e. The highest BCUT2D eigenvalue weighted by Gasteiger charge is 2.68. The Labute approximate surface area is 520 Å². The third kappa shape index (κ3) is 16.9. The number of carbonyl (C=O) groups excluding carboxylic acids is 10. The van der Waals surface area contributed by atoms with Crippen molar-refractivity contribution in [3.05, 3.63) is 0 Å². The second kappa shape index (κ2) is 30.2. The van der Waals surface area contributed by atoms with Crippen LogP contribution in [0.4, 0.5) is 19.2 Å². The molecule has 0 aromatic heterocycles. The van der Waals surface area contributed by atoms with Crippen LogP contribution in [0.3, 0.4) is 0 Å². The van der Waals surface area contributed by atoms with Crippen LogP contribution in [0.5, 0.6) is 0 Å². The Hall–Kier alpha value is -6.63. The van der Waals surface area contributed by atoms with Gasteiger partial charge in [-0.05, 0) is 25.7 Å². The molecular weight excluding hydrogens is 1370 g/mol. The number of urea groups is 4. The first kappa shape index (κ1) is 78.1. The summed E-state index contributed by atoms with van der Waals surface area (Å²) in [6.45, 7) is -3.91. The number of aliphatic carboxylic acids is 2. The predicted molar refractivity (Wildman–Crippen MR) is 274 cm³/mol. The number of phosphoric acid groups is 3. The topological polar surface area (TPSA) is 790 Å². The molecule has 8 aliphatic rings. The summed E-state index contributed by atoms with van der Waals surface area (Å²) in [7, 11) is -14.7. The maximum Gasteiger partial charge on any atom is 0.469 e. The minimum Gasteiger partial charge on any atom is -0.480 e. The van der Waals surface area contributed by atoms with Crippen molar-refractivity contribution in [2.24, 2.45) is 0 Å². The quantitative estimate of drug-likeness (QED) is 0.0140. The van der Waals surface area contributed by atoms with Crippen molar-refractivity contribution in [2.45, 2.75) is 134 Å². The van der Waals surface area contributed by atoms with E-state index in [4.69, 9.17) is 63.6 Å². The molecule has 8 saturated heterocycles.